The van der Waals surface area contributed by atoms with E-state index in [0.717, 1.165) is 91.6 Å². The molecule has 2 aromatic heterocycles. The van der Waals surface area contributed by atoms with Crippen LogP contribution in [-0.4, -0.2) is 44.4 Å². The van der Waals surface area contributed by atoms with E-state index in [0.29, 0.717) is 30.4 Å². The summed E-state index contributed by atoms with van der Waals surface area (Å²) in [7, 11) is 0. The molecular weight excluding hydrogens is 614 g/mol. The van der Waals surface area contributed by atoms with E-state index in [4.69, 9.17) is 4.74 Å². The molecule has 0 amide bonds. The molecule has 7 rings (SSSR count). The standard InChI is InChI=1S/C41H47N3O5/c45-30(15-11-27-13-17-37(47)39(22-27)49-31-6-1-2-7-31)24-38(48)41-29(25-44-40-9-4-19-43-40)23-35-33(18-20-42-35)34(41)21-26-10-14-28-5-3-8-36(46)32(28)16-12-26/h3-5,8-9,13,17-20,22-23,26,31,34,41-44,46-47H,1-2,6-7,10-12,14-16,21,24-25H2. The van der Waals surface area contributed by atoms with Crippen molar-refractivity contribution in [2.45, 2.75) is 89.1 Å². The molecule has 8 nitrogen and oxygen atoms in total. The van der Waals surface area contributed by atoms with Gasteiger partial charge in [-0.15, -0.1) is 0 Å². The smallest absolute Gasteiger partial charge is 0.161 e. The Hall–Kier alpha value is -4.72. The van der Waals surface area contributed by atoms with E-state index < -0.39 is 5.92 Å². The average Bonchev–Trinajstić information content (AvgIpc) is 3.88. The quantitative estimate of drug-likeness (QED) is 0.0729. The minimum absolute atomic E-state index is 0.0353. The summed E-state index contributed by atoms with van der Waals surface area (Å²) in [5.41, 5.74) is 6.33. The van der Waals surface area contributed by atoms with Crippen molar-refractivity contribution in [3.63, 3.8) is 0 Å². The number of aromatic amines is 2. The van der Waals surface area contributed by atoms with Gasteiger partial charge in [0.2, 0.25) is 0 Å². The number of carbonyl (C=O) groups is 2. The predicted molar refractivity (Wildman–Crippen MR) is 191 cm³/mol. The first kappa shape index (κ1) is 32.8. The molecule has 5 N–H and O–H groups in total. The lowest BCUT2D eigenvalue weighted by molar-refractivity contribution is -0.129. The number of hydrogen-bond acceptors (Lipinski definition) is 6. The van der Waals surface area contributed by atoms with E-state index in [2.05, 4.69) is 33.5 Å². The maximum Gasteiger partial charge on any atom is 0.161 e. The van der Waals surface area contributed by atoms with Crippen LogP contribution in [0.2, 0.25) is 0 Å². The fraction of sp³-hybridized carbons (Fsp3) is 0.415. The van der Waals surface area contributed by atoms with Crippen molar-refractivity contribution in [1.29, 1.82) is 0 Å². The predicted octanol–water partition coefficient (Wildman–Crippen LogP) is 8.03. The fourth-order valence-corrected chi connectivity index (χ4v) is 8.31. The zero-order chi connectivity index (χ0) is 33.7. The normalized spacial score (nSPS) is 20.6. The summed E-state index contributed by atoms with van der Waals surface area (Å²) >= 11 is 0. The van der Waals surface area contributed by atoms with E-state index in [1.165, 1.54) is 5.56 Å². The molecule has 0 saturated heterocycles. The van der Waals surface area contributed by atoms with Crippen LogP contribution in [0.25, 0.3) is 6.08 Å². The third-order valence-electron chi connectivity index (χ3n) is 10.9. The van der Waals surface area contributed by atoms with Gasteiger partial charge in [-0.1, -0.05) is 18.2 Å². The molecule has 0 aliphatic heterocycles. The molecule has 3 aliphatic carbocycles. The van der Waals surface area contributed by atoms with E-state index >= 15 is 0 Å². The van der Waals surface area contributed by atoms with Gasteiger partial charge in [-0.3, -0.25) is 9.59 Å². The highest BCUT2D eigenvalue weighted by Gasteiger charge is 2.39. The van der Waals surface area contributed by atoms with Crippen LogP contribution >= 0.6 is 0 Å². The molecule has 3 atom stereocenters. The molecule has 0 radical (unpaired) electrons. The number of ether oxygens (including phenoxy) is 1. The SMILES string of the molecule is O=C(CCc1ccc(O)c(OC2CCCC2)c1)CC(=O)C1C(CNc2ccc[nH]2)=Cc2[nH]ccc2C1CC1CCc2cccc(O)c2CC1. The molecule has 0 spiro atoms. The van der Waals surface area contributed by atoms with Crippen molar-refractivity contribution in [3.05, 3.63) is 101 Å². The second-order valence-corrected chi connectivity index (χ2v) is 14.2. The van der Waals surface area contributed by atoms with Gasteiger partial charge in [-0.25, -0.2) is 0 Å². The van der Waals surface area contributed by atoms with Crippen LogP contribution in [0.3, 0.4) is 0 Å². The van der Waals surface area contributed by atoms with Crippen LogP contribution in [-0.2, 0) is 28.9 Å². The Bertz CT molecular complexity index is 1800. The van der Waals surface area contributed by atoms with Crippen LogP contribution in [0.1, 0.15) is 91.7 Å². The Morgan fingerprint density at radius 3 is 2.59 bits per heavy atom. The van der Waals surface area contributed by atoms with E-state index in [9.17, 15) is 19.8 Å². The number of H-pyrrole nitrogens is 2. The zero-order valence-electron chi connectivity index (χ0n) is 28.0. The molecule has 2 heterocycles. The van der Waals surface area contributed by atoms with Crippen LogP contribution < -0.4 is 10.1 Å². The summed E-state index contributed by atoms with van der Waals surface area (Å²) < 4.78 is 6.07. The molecule has 49 heavy (non-hydrogen) atoms. The number of aryl methyl sites for hydroxylation is 2. The number of Topliss-reactive ketones (excluding diaryl/α,β-unsaturated/α-hetero) is 2. The highest BCUT2D eigenvalue weighted by atomic mass is 16.5. The first-order valence-corrected chi connectivity index (χ1v) is 18.0. The summed E-state index contributed by atoms with van der Waals surface area (Å²) in [5, 5.41) is 24.4. The molecule has 2 aromatic carbocycles. The van der Waals surface area contributed by atoms with E-state index in [1.807, 2.05) is 42.7 Å². The molecule has 8 heteroatoms. The van der Waals surface area contributed by atoms with Crippen LogP contribution in [0.5, 0.6) is 17.2 Å². The maximum atomic E-state index is 14.4. The second-order valence-electron chi connectivity index (χ2n) is 14.2. The Kier molecular flexibility index (Phi) is 9.92. The topological polar surface area (TPSA) is 127 Å². The number of hydrogen-bond donors (Lipinski definition) is 5. The van der Waals surface area contributed by atoms with Crippen molar-refractivity contribution >= 4 is 23.5 Å². The third kappa shape index (κ3) is 7.64. The maximum absolute atomic E-state index is 14.4. The Morgan fingerprint density at radius 2 is 1.76 bits per heavy atom. The molecule has 1 saturated carbocycles. The summed E-state index contributed by atoms with van der Waals surface area (Å²) in [6.45, 7) is 0.487. The third-order valence-corrected chi connectivity index (χ3v) is 10.9. The van der Waals surface area contributed by atoms with Crippen molar-refractivity contribution < 1.29 is 24.5 Å². The molecule has 0 bridgehead atoms. The van der Waals surface area contributed by atoms with Gasteiger partial charge in [0, 0.05) is 37.0 Å². The van der Waals surface area contributed by atoms with Gasteiger partial charge in [0.25, 0.3) is 0 Å². The van der Waals surface area contributed by atoms with Crippen LogP contribution in [0.15, 0.2) is 72.6 Å². The zero-order valence-corrected chi connectivity index (χ0v) is 28.0. The number of anilines is 1. The van der Waals surface area contributed by atoms with E-state index in [-0.39, 0.29) is 42.2 Å². The van der Waals surface area contributed by atoms with Crippen LogP contribution in [0.4, 0.5) is 5.82 Å². The summed E-state index contributed by atoms with van der Waals surface area (Å²) in [6.07, 6.45) is 15.4. The van der Waals surface area contributed by atoms with Gasteiger partial charge < -0.3 is 30.2 Å². The summed E-state index contributed by atoms with van der Waals surface area (Å²) in [6, 6.07) is 17.1. The van der Waals surface area contributed by atoms with Gasteiger partial charge in [-0.05, 0) is 146 Å². The van der Waals surface area contributed by atoms with Gasteiger partial charge in [-0.2, -0.15) is 0 Å². The molecular formula is C41H47N3O5. The lowest BCUT2D eigenvalue weighted by Gasteiger charge is -2.34. The fourth-order valence-electron chi connectivity index (χ4n) is 8.31. The average molecular weight is 662 g/mol. The monoisotopic (exact) mass is 661 g/mol. The van der Waals surface area contributed by atoms with Gasteiger partial charge in [0.1, 0.15) is 23.1 Å². The number of nitrogens with one attached hydrogen (secondary N) is 3. The van der Waals surface area contributed by atoms with Crippen molar-refractivity contribution in [3.8, 4) is 17.2 Å². The highest BCUT2D eigenvalue weighted by molar-refractivity contribution is 6.02. The van der Waals surface area contributed by atoms with Crippen molar-refractivity contribution in [2.24, 2.45) is 11.8 Å². The van der Waals surface area contributed by atoms with Crippen molar-refractivity contribution in [1.82, 2.24) is 9.97 Å². The number of aromatic hydroxyl groups is 2. The number of carbonyl (C=O) groups excluding carboxylic acids is 2. The minimum atomic E-state index is -0.422. The Labute approximate surface area is 288 Å². The summed E-state index contributed by atoms with van der Waals surface area (Å²) in [4.78, 5) is 34.4. The molecule has 3 aliphatic rings. The molecule has 4 aromatic rings. The second kappa shape index (κ2) is 14.8. The van der Waals surface area contributed by atoms with Gasteiger partial charge in [0.05, 0.1) is 12.5 Å². The Morgan fingerprint density at radius 1 is 0.898 bits per heavy atom. The number of phenols is 2. The first-order valence-electron chi connectivity index (χ1n) is 18.0. The van der Waals surface area contributed by atoms with Gasteiger partial charge in [0.15, 0.2) is 11.5 Å². The number of benzene rings is 2. The van der Waals surface area contributed by atoms with Crippen LogP contribution in [0, 0.1) is 11.8 Å². The van der Waals surface area contributed by atoms with Crippen molar-refractivity contribution in [2.75, 3.05) is 11.9 Å². The largest absolute Gasteiger partial charge is 0.508 e. The number of ketones is 2. The first-order chi connectivity index (χ1) is 23.9. The number of aromatic nitrogens is 2. The Balaban J connectivity index is 1.07. The molecule has 3 unspecified atom stereocenters. The molecule has 1 fully saturated rings. The van der Waals surface area contributed by atoms with E-state index in [1.54, 1.807) is 12.1 Å². The van der Waals surface area contributed by atoms with Gasteiger partial charge >= 0.3 is 0 Å². The lowest BCUT2D eigenvalue weighted by atomic mass is 9.69. The molecule has 256 valence electrons. The number of phenolic OH excluding ortho intramolecular Hbond substituents is 2. The lowest BCUT2D eigenvalue weighted by Crippen LogP contribution is -2.32. The minimum Gasteiger partial charge on any atom is -0.508 e. The highest BCUT2D eigenvalue weighted by Crippen LogP contribution is 2.45. The number of fused-ring (bicyclic) bond motifs is 2. The summed E-state index contributed by atoms with van der Waals surface area (Å²) in [5.74, 6) is 1.63. The number of rotatable bonds is 13.